The minimum absolute atomic E-state index is 0.424. The van der Waals surface area contributed by atoms with E-state index in [4.69, 9.17) is 4.42 Å². The number of anilines is 2. The summed E-state index contributed by atoms with van der Waals surface area (Å²) < 4.78 is 6.62. The fraction of sp³-hybridized carbons (Fsp3) is 0.0213. The summed E-state index contributed by atoms with van der Waals surface area (Å²) in [6.45, 7) is 0. The van der Waals surface area contributed by atoms with Crippen LogP contribution in [0.2, 0.25) is 0 Å². The smallest absolute Gasteiger partial charge is 0.143 e. The molecule has 1 heterocycles. The van der Waals surface area contributed by atoms with Gasteiger partial charge in [-0.05, 0) is 74.7 Å². The van der Waals surface area contributed by atoms with Gasteiger partial charge in [-0.1, -0.05) is 152 Å². The van der Waals surface area contributed by atoms with Gasteiger partial charge < -0.3 is 9.73 Å². The van der Waals surface area contributed by atoms with Gasteiger partial charge in [0.05, 0.1) is 5.41 Å². The quantitative estimate of drug-likeness (QED) is 0.206. The zero-order valence-corrected chi connectivity index (χ0v) is 26.7. The first-order valence-electron chi connectivity index (χ1n) is 16.8. The Labute approximate surface area is 284 Å². The topological polar surface area (TPSA) is 25.2 Å². The minimum atomic E-state index is -0.424. The third-order valence-electron chi connectivity index (χ3n) is 10.3. The van der Waals surface area contributed by atoms with Crippen LogP contribution in [0.3, 0.4) is 0 Å². The van der Waals surface area contributed by atoms with Gasteiger partial charge in [0.15, 0.2) is 0 Å². The molecule has 1 N–H and O–H groups in total. The van der Waals surface area contributed by atoms with Gasteiger partial charge in [0.2, 0.25) is 0 Å². The lowest BCUT2D eigenvalue weighted by molar-refractivity contribution is 0.674. The summed E-state index contributed by atoms with van der Waals surface area (Å²) in [4.78, 5) is 0. The van der Waals surface area contributed by atoms with E-state index in [-0.39, 0.29) is 0 Å². The van der Waals surface area contributed by atoms with E-state index in [1.165, 1.54) is 38.8 Å². The van der Waals surface area contributed by atoms with E-state index < -0.39 is 5.41 Å². The van der Waals surface area contributed by atoms with Crippen molar-refractivity contribution in [2.45, 2.75) is 5.41 Å². The summed E-state index contributed by atoms with van der Waals surface area (Å²) in [6.07, 6.45) is 0. The Balaban J connectivity index is 1.05. The molecule has 8 aromatic carbocycles. The second kappa shape index (κ2) is 10.8. The van der Waals surface area contributed by atoms with Crippen molar-refractivity contribution in [3.05, 3.63) is 204 Å². The third kappa shape index (κ3) is 4.14. The number of hydrogen-bond donors (Lipinski definition) is 1. The highest BCUT2D eigenvalue weighted by Crippen LogP contribution is 2.56. The molecule has 1 aromatic heterocycles. The van der Waals surface area contributed by atoms with Crippen molar-refractivity contribution in [3.8, 4) is 22.3 Å². The molecule has 0 fully saturated rings. The van der Waals surface area contributed by atoms with Crippen LogP contribution < -0.4 is 5.32 Å². The van der Waals surface area contributed by atoms with E-state index >= 15 is 0 Å². The summed E-state index contributed by atoms with van der Waals surface area (Å²) in [5, 5.41) is 8.35. The molecule has 0 saturated carbocycles. The van der Waals surface area contributed by atoms with Gasteiger partial charge in [-0.15, -0.1) is 0 Å². The van der Waals surface area contributed by atoms with Gasteiger partial charge in [0, 0.05) is 33.1 Å². The average molecular weight is 626 g/mol. The summed E-state index contributed by atoms with van der Waals surface area (Å²) in [5.74, 6) is 0. The summed E-state index contributed by atoms with van der Waals surface area (Å²) in [6, 6.07) is 65.5. The van der Waals surface area contributed by atoms with Crippen molar-refractivity contribution in [2.75, 3.05) is 5.32 Å². The van der Waals surface area contributed by atoms with Crippen molar-refractivity contribution >= 4 is 44.1 Å². The van der Waals surface area contributed by atoms with Crippen molar-refractivity contribution < 1.29 is 4.42 Å². The Morgan fingerprint density at radius 1 is 0.388 bits per heavy atom. The molecule has 2 nitrogen and oxygen atoms in total. The fourth-order valence-electron chi connectivity index (χ4n) is 8.18. The zero-order chi connectivity index (χ0) is 32.4. The van der Waals surface area contributed by atoms with Gasteiger partial charge in [-0.3, -0.25) is 0 Å². The molecule has 0 spiro atoms. The van der Waals surface area contributed by atoms with E-state index in [1.54, 1.807) is 0 Å². The Kier molecular flexibility index (Phi) is 6.13. The average Bonchev–Trinajstić information content (AvgIpc) is 3.70. The molecule has 9 aromatic rings. The number of furan rings is 1. The van der Waals surface area contributed by atoms with Crippen LogP contribution in [0.1, 0.15) is 22.3 Å². The van der Waals surface area contributed by atoms with Gasteiger partial charge in [0.25, 0.3) is 0 Å². The molecule has 0 amide bonds. The molecular weight excluding hydrogens is 595 g/mol. The number of para-hydroxylation sites is 1. The predicted molar refractivity (Wildman–Crippen MR) is 204 cm³/mol. The molecule has 0 saturated heterocycles. The van der Waals surface area contributed by atoms with Crippen LogP contribution in [0.15, 0.2) is 186 Å². The highest BCUT2D eigenvalue weighted by Gasteiger charge is 2.46. The van der Waals surface area contributed by atoms with Crippen LogP contribution in [0.4, 0.5) is 11.4 Å². The van der Waals surface area contributed by atoms with Crippen molar-refractivity contribution in [3.63, 3.8) is 0 Å². The Bertz CT molecular complexity index is 2630. The highest BCUT2D eigenvalue weighted by molar-refractivity contribution is 6.17. The van der Waals surface area contributed by atoms with E-state index in [2.05, 4.69) is 187 Å². The molecule has 0 unspecified atom stereocenters. The van der Waals surface area contributed by atoms with E-state index in [9.17, 15) is 0 Å². The molecular formula is C47H31NO. The van der Waals surface area contributed by atoms with Gasteiger partial charge in [-0.2, -0.15) is 0 Å². The molecule has 1 aliphatic carbocycles. The number of benzene rings is 8. The predicted octanol–water partition coefficient (Wildman–Crippen LogP) is 12.5. The highest BCUT2D eigenvalue weighted by atomic mass is 16.3. The first-order valence-corrected chi connectivity index (χ1v) is 16.8. The Morgan fingerprint density at radius 3 is 1.80 bits per heavy atom. The largest absolute Gasteiger partial charge is 0.455 e. The summed E-state index contributed by atoms with van der Waals surface area (Å²) >= 11 is 0. The lowest BCUT2D eigenvalue weighted by atomic mass is 9.67. The molecule has 2 heteroatoms. The number of fused-ring (bicyclic) bond motifs is 8. The molecule has 1 aliphatic rings. The first-order chi connectivity index (χ1) is 24.3. The third-order valence-corrected chi connectivity index (χ3v) is 10.3. The number of rotatable bonds is 5. The van der Waals surface area contributed by atoms with Crippen molar-refractivity contribution in [2.24, 2.45) is 0 Å². The van der Waals surface area contributed by atoms with Crippen LogP contribution >= 0.6 is 0 Å². The van der Waals surface area contributed by atoms with Crippen molar-refractivity contribution in [1.82, 2.24) is 0 Å². The molecule has 0 bridgehead atoms. The lowest BCUT2D eigenvalue weighted by Gasteiger charge is -2.34. The molecule has 0 radical (unpaired) electrons. The number of nitrogens with one attached hydrogen (secondary N) is 1. The van der Waals surface area contributed by atoms with Gasteiger partial charge >= 0.3 is 0 Å². The molecule has 10 rings (SSSR count). The second-order valence-electron chi connectivity index (χ2n) is 12.9. The number of hydrogen-bond acceptors (Lipinski definition) is 2. The molecule has 230 valence electrons. The molecule has 0 atom stereocenters. The standard InChI is InChI=1S/C47H31NO/c1-3-13-33(14-4-1)47(34-15-5-2-6-16-34)43-21-10-9-18-39(43)40-29-27-36(30-44(40)47)48-35-25-22-32(23-26-35)38-19-11-20-41-42-28-24-31-12-7-8-17-37(31)46(42)49-45(38)41/h1-30,48H. The summed E-state index contributed by atoms with van der Waals surface area (Å²) in [5.41, 5.74) is 13.4. The zero-order valence-electron chi connectivity index (χ0n) is 26.7. The fourth-order valence-corrected chi connectivity index (χ4v) is 8.18. The normalized spacial score (nSPS) is 13.1. The van der Waals surface area contributed by atoms with E-state index in [0.29, 0.717) is 0 Å². The van der Waals surface area contributed by atoms with Crippen LogP contribution in [0.25, 0.3) is 55.0 Å². The maximum Gasteiger partial charge on any atom is 0.143 e. The molecule has 49 heavy (non-hydrogen) atoms. The van der Waals surface area contributed by atoms with Gasteiger partial charge in [-0.25, -0.2) is 0 Å². The maximum absolute atomic E-state index is 6.62. The van der Waals surface area contributed by atoms with E-state index in [0.717, 1.165) is 49.8 Å². The van der Waals surface area contributed by atoms with E-state index in [1.807, 2.05) is 0 Å². The summed E-state index contributed by atoms with van der Waals surface area (Å²) in [7, 11) is 0. The van der Waals surface area contributed by atoms with Crippen LogP contribution in [0, 0.1) is 0 Å². The second-order valence-corrected chi connectivity index (χ2v) is 12.9. The van der Waals surface area contributed by atoms with Crippen LogP contribution in [-0.4, -0.2) is 0 Å². The lowest BCUT2D eigenvalue weighted by Crippen LogP contribution is -2.28. The first kappa shape index (κ1) is 27.7. The maximum atomic E-state index is 6.62. The minimum Gasteiger partial charge on any atom is -0.455 e. The van der Waals surface area contributed by atoms with Crippen LogP contribution in [-0.2, 0) is 5.41 Å². The van der Waals surface area contributed by atoms with Crippen molar-refractivity contribution in [1.29, 1.82) is 0 Å². The monoisotopic (exact) mass is 625 g/mol. The Morgan fingerprint density at radius 2 is 1.00 bits per heavy atom. The SMILES string of the molecule is c1ccc(C2(c3ccccc3)c3ccccc3-c3ccc(Nc4ccc(-c5cccc6c5oc5c7ccccc7ccc65)cc4)cc32)cc1. The van der Waals surface area contributed by atoms with Crippen LogP contribution in [0.5, 0.6) is 0 Å². The Hall–Kier alpha value is -6.38. The van der Waals surface area contributed by atoms with Gasteiger partial charge in [0.1, 0.15) is 11.2 Å². The molecule has 0 aliphatic heterocycles.